The first-order valence-corrected chi connectivity index (χ1v) is 10.3. The predicted octanol–water partition coefficient (Wildman–Crippen LogP) is 7.11. The first-order valence-electron chi connectivity index (χ1n) is 10.3. The van der Waals surface area contributed by atoms with E-state index in [1.54, 1.807) is 0 Å². The largest absolute Gasteiger partial charge is 0.298 e. The molecule has 0 saturated heterocycles. The van der Waals surface area contributed by atoms with E-state index in [2.05, 4.69) is 59.6 Å². The van der Waals surface area contributed by atoms with Gasteiger partial charge in [-0.2, -0.15) is 0 Å². The zero-order valence-electron chi connectivity index (χ0n) is 17.2. The molecule has 0 N–H and O–H groups in total. The van der Waals surface area contributed by atoms with E-state index in [9.17, 15) is 4.79 Å². The maximum Gasteiger partial charge on any atom is 0.150 e. The third kappa shape index (κ3) is 5.12. The van der Waals surface area contributed by atoms with Crippen molar-refractivity contribution in [2.45, 2.75) is 6.54 Å². The van der Waals surface area contributed by atoms with Crippen molar-refractivity contribution >= 4 is 34.0 Å². The van der Waals surface area contributed by atoms with Gasteiger partial charge in [-0.25, -0.2) is 0 Å². The van der Waals surface area contributed by atoms with Gasteiger partial charge in [0, 0.05) is 17.3 Å². The van der Waals surface area contributed by atoms with Gasteiger partial charge in [-0.3, -0.25) is 9.79 Å². The van der Waals surface area contributed by atoms with E-state index in [-0.39, 0.29) is 0 Å². The van der Waals surface area contributed by atoms with Crippen molar-refractivity contribution in [2.24, 2.45) is 4.99 Å². The lowest BCUT2D eigenvalue weighted by molar-refractivity contribution is 0.112. The topological polar surface area (TPSA) is 29.4 Å². The van der Waals surface area contributed by atoms with E-state index >= 15 is 0 Å². The summed E-state index contributed by atoms with van der Waals surface area (Å²) in [6.45, 7) is 0.726. The zero-order valence-corrected chi connectivity index (χ0v) is 17.2. The van der Waals surface area contributed by atoms with Crippen molar-refractivity contribution in [3.05, 3.63) is 132 Å². The minimum Gasteiger partial charge on any atom is -0.298 e. The molecular formula is C29H23NO. The highest BCUT2D eigenvalue weighted by Gasteiger charge is 1.97. The Morgan fingerprint density at radius 1 is 0.548 bits per heavy atom. The van der Waals surface area contributed by atoms with Crippen LogP contribution in [0.3, 0.4) is 0 Å². The maximum absolute atomic E-state index is 10.6. The van der Waals surface area contributed by atoms with Crippen molar-refractivity contribution in [2.75, 3.05) is 0 Å². The molecule has 0 aliphatic carbocycles. The molecule has 150 valence electrons. The normalized spacial score (nSPS) is 10.7. The molecule has 0 aliphatic heterocycles. The van der Waals surface area contributed by atoms with Crippen LogP contribution >= 0.6 is 0 Å². The molecule has 0 unspecified atom stereocenters. The van der Waals surface area contributed by atoms with Crippen LogP contribution in [0, 0.1) is 0 Å². The smallest absolute Gasteiger partial charge is 0.150 e. The van der Waals surface area contributed by atoms with Crippen molar-refractivity contribution in [3.63, 3.8) is 0 Å². The Morgan fingerprint density at radius 3 is 1.71 bits per heavy atom. The van der Waals surface area contributed by atoms with Gasteiger partial charge in [0.15, 0.2) is 6.29 Å². The second-order valence-electron chi connectivity index (χ2n) is 7.21. The van der Waals surface area contributed by atoms with Gasteiger partial charge in [0.25, 0.3) is 0 Å². The summed E-state index contributed by atoms with van der Waals surface area (Å²) in [7, 11) is 0. The van der Waals surface area contributed by atoms with Crippen LogP contribution in [-0.4, -0.2) is 12.5 Å². The highest BCUT2D eigenvalue weighted by Crippen LogP contribution is 2.17. The Labute approximate surface area is 182 Å². The average molecular weight is 402 g/mol. The summed E-state index contributed by atoms with van der Waals surface area (Å²) in [6.07, 6.45) is 2.86. The molecule has 0 aliphatic rings. The van der Waals surface area contributed by atoms with Crippen molar-refractivity contribution < 1.29 is 4.79 Å². The Bertz CT molecular complexity index is 1310. The van der Waals surface area contributed by atoms with Crippen molar-refractivity contribution in [1.29, 1.82) is 0 Å². The van der Waals surface area contributed by atoms with Gasteiger partial charge in [0.2, 0.25) is 0 Å². The van der Waals surface area contributed by atoms with E-state index in [1.165, 1.54) is 21.9 Å². The molecular weight excluding hydrogens is 378 g/mol. The lowest BCUT2D eigenvalue weighted by Crippen LogP contribution is -1.86. The van der Waals surface area contributed by atoms with Gasteiger partial charge in [0.05, 0.1) is 6.54 Å². The molecule has 0 spiro atoms. The summed E-state index contributed by atoms with van der Waals surface area (Å²) in [6, 6.07) is 38.6. The minimum absolute atomic E-state index is 0.726. The quantitative estimate of drug-likeness (QED) is 0.233. The standard InChI is InChI=1S/C18H15N.C11H8O/c1-2-7-15(8-3-1)13-19-14-17-11-6-10-16-9-4-5-12-18(16)17;12-8-10-6-3-5-9-4-1-2-7-11(9)10/h1-12,14H,13H2;1-8H. The lowest BCUT2D eigenvalue weighted by atomic mass is 10.1. The number of hydrogen-bond acceptors (Lipinski definition) is 2. The molecule has 31 heavy (non-hydrogen) atoms. The molecule has 0 heterocycles. The number of fused-ring (bicyclic) bond motifs is 2. The summed E-state index contributed by atoms with van der Waals surface area (Å²) in [5, 5.41) is 4.64. The average Bonchev–Trinajstić information content (AvgIpc) is 2.85. The number of carbonyl (C=O) groups excluding carboxylic acids is 1. The Hall–Kier alpha value is -4.04. The summed E-state index contributed by atoms with van der Waals surface area (Å²) in [5.41, 5.74) is 3.17. The SMILES string of the molecule is C(=NCc1ccccc1)c1cccc2ccccc12.O=Cc1cccc2ccccc12. The van der Waals surface area contributed by atoms with Crippen LogP contribution in [0.2, 0.25) is 0 Å². The molecule has 0 amide bonds. The molecule has 2 heteroatoms. The molecule has 0 saturated carbocycles. The maximum atomic E-state index is 10.6. The highest BCUT2D eigenvalue weighted by molar-refractivity contribution is 5.99. The van der Waals surface area contributed by atoms with E-state index in [0.717, 1.165) is 29.2 Å². The summed E-state index contributed by atoms with van der Waals surface area (Å²) < 4.78 is 0. The monoisotopic (exact) mass is 401 g/mol. The van der Waals surface area contributed by atoms with E-state index in [1.807, 2.05) is 66.9 Å². The van der Waals surface area contributed by atoms with Gasteiger partial charge in [0.1, 0.15) is 0 Å². The number of benzene rings is 5. The molecule has 5 aromatic rings. The van der Waals surface area contributed by atoms with E-state index in [0.29, 0.717) is 0 Å². The Balaban J connectivity index is 0.000000166. The number of rotatable bonds is 4. The van der Waals surface area contributed by atoms with Crippen LogP contribution in [0.4, 0.5) is 0 Å². The van der Waals surface area contributed by atoms with Crippen LogP contribution in [0.5, 0.6) is 0 Å². The zero-order chi connectivity index (χ0) is 21.3. The molecule has 0 fully saturated rings. The van der Waals surface area contributed by atoms with Gasteiger partial charge < -0.3 is 0 Å². The molecule has 0 bridgehead atoms. The molecule has 2 nitrogen and oxygen atoms in total. The predicted molar refractivity (Wildman–Crippen MR) is 131 cm³/mol. The minimum atomic E-state index is 0.726. The second-order valence-corrected chi connectivity index (χ2v) is 7.21. The molecule has 5 aromatic carbocycles. The highest BCUT2D eigenvalue weighted by atomic mass is 16.1. The fraction of sp³-hybridized carbons (Fsp3) is 0.0345. The van der Waals surface area contributed by atoms with Crippen LogP contribution in [0.1, 0.15) is 21.5 Å². The van der Waals surface area contributed by atoms with Gasteiger partial charge >= 0.3 is 0 Å². The molecule has 0 radical (unpaired) electrons. The van der Waals surface area contributed by atoms with Gasteiger partial charge in [-0.05, 0) is 27.1 Å². The van der Waals surface area contributed by atoms with Crippen molar-refractivity contribution in [3.8, 4) is 0 Å². The molecule has 0 atom stereocenters. The molecule has 5 rings (SSSR count). The van der Waals surface area contributed by atoms with Crippen molar-refractivity contribution in [1.82, 2.24) is 0 Å². The lowest BCUT2D eigenvalue weighted by Gasteiger charge is -2.01. The summed E-state index contributed by atoms with van der Waals surface area (Å²) in [5.74, 6) is 0. The van der Waals surface area contributed by atoms with Crippen LogP contribution in [-0.2, 0) is 6.54 Å². The number of hydrogen-bond donors (Lipinski definition) is 0. The number of nitrogens with zero attached hydrogens (tertiary/aromatic N) is 1. The summed E-state index contributed by atoms with van der Waals surface area (Å²) >= 11 is 0. The third-order valence-corrected chi connectivity index (χ3v) is 5.12. The van der Waals surface area contributed by atoms with Gasteiger partial charge in [-0.1, -0.05) is 115 Å². The second kappa shape index (κ2) is 10.1. The molecule has 0 aromatic heterocycles. The van der Waals surface area contributed by atoms with Crippen LogP contribution < -0.4 is 0 Å². The number of aliphatic imine (C=N–C) groups is 1. The van der Waals surface area contributed by atoms with E-state index in [4.69, 9.17) is 0 Å². The fourth-order valence-electron chi connectivity index (χ4n) is 3.55. The van der Waals surface area contributed by atoms with Gasteiger partial charge in [-0.15, -0.1) is 0 Å². The summed E-state index contributed by atoms with van der Waals surface area (Å²) in [4.78, 5) is 15.2. The number of carbonyl (C=O) groups is 1. The Kier molecular flexibility index (Phi) is 6.61. The fourth-order valence-corrected chi connectivity index (χ4v) is 3.55. The number of aldehydes is 1. The van der Waals surface area contributed by atoms with Crippen LogP contribution in [0.15, 0.2) is 120 Å². The first kappa shape index (κ1) is 20.2. The Morgan fingerprint density at radius 2 is 1.06 bits per heavy atom. The third-order valence-electron chi connectivity index (χ3n) is 5.12. The van der Waals surface area contributed by atoms with E-state index < -0.39 is 0 Å². The van der Waals surface area contributed by atoms with Crippen LogP contribution in [0.25, 0.3) is 21.5 Å². The first-order chi connectivity index (χ1) is 15.3.